The molecule has 9 nitrogen and oxygen atoms in total. The van der Waals surface area contributed by atoms with Gasteiger partial charge in [-0.05, 0) is 42.0 Å². The molecule has 0 bridgehead atoms. The van der Waals surface area contributed by atoms with Crippen LogP contribution in [-0.4, -0.2) is 26.7 Å². The molecule has 0 unspecified atom stereocenters. The predicted octanol–water partition coefficient (Wildman–Crippen LogP) is 1.70. The number of primary sulfonamides is 1. The molecule has 0 saturated heterocycles. The van der Waals surface area contributed by atoms with Crippen LogP contribution >= 0.6 is 0 Å². The number of benzene rings is 2. The lowest BCUT2D eigenvalue weighted by Gasteiger charge is -2.04. The zero-order valence-corrected chi connectivity index (χ0v) is 13.4. The number of rotatable bonds is 6. The van der Waals surface area contributed by atoms with Gasteiger partial charge in [0.05, 0.1) is 23.1 Å². The maximum absolute atomic E-state index is 11.3. The number of nitrogens with one attached hydrogen (secondary N) is 1. The molecular weight excluding hydrogens is 336 g/mol. The normalized spacial score (nSPS) is 11.4. The van der Waals surface area contributed by atoms with Crippen LogP contribution in [0.15, 0.2) is 52.5 Å². The number of nitro benzene ring substituents is 1. The fourth-order valence-corrected chi connectivity index (χ4v) is 2.33. The van der Waals surface area contributed by atoms with E-state index in [1.165, 1.54) is 12.3 Å². The lowest BCUT2D eigenvalue weighted by Crippen LogP contribution is -2.12. The van der Waals surface area contributed by atoms with E-state index in [0.717, 1.165) is 17.7 Å². The molecule has 0 saturated carbocycles. The number of nitrogens with two attached hydrogens (primary N) is 1. The molecule has 0 aromatic heterocycles. The smallest absolute Gasteiger partial charge is 0.295 e. The summed E-state index contributed by atoms with van der Waals surface area (Å²) in [6.45, 7) is 0. The van der Waals surface area contributed by atoms with Crippen molar-refractivity contribution in [2.75, 3.05) is 12.5 Å². The van der Waals surface area contributed by atoms with Gasteiger partial charge in [-0.15, -0.1) is 0 Å². The highest BCUT2D eigenvalue weighted by molar-refractivity contribution is 7.89. The van der Waals surface area contributed by atoms with Gasteiger partial charge in [-0.1, -0.05) is 0 Å². The SMILES string of the molecule is COc1ccc(/C=N/Nc2ccc(S(N)(=O)=O)cc2[N+](=O)[O-])cc1. The molecule has 24 heavy (non-hydrogen) atoms. The molecule has 3 N–H and O–H groups in total. The Labute approximate surface area is 138 Å². The molecule has 0 aliphatic heterocycles. The van der Waals surface area contributed by atoms with Crippen molar-refractivity contribution < 1.29 is 18.1 Å². The van der Waals surface area contributed by atoms with E-state index >= 15 is 0 Å². The molecule has 0 atom stereocenters. The average Bonchev–Trinajstić information content (AvgIpc) is 2.54. The first-order valence-corrected chi connectivity index (χ1v) is 8.10. The Morgan fingerprint density at radius 2 is 1.92 bits per heavy atom. The van der Waals surface area contributed by atoms with Crippen LogP contribution in [0.1, 0.15) is 5.56 Å². The highest BCUT2D eigenvalue weighted by Gasteiger charge is 2.18. The number of anilines is 1. The van der Waals surface area contributed by atoms with E-state index in [4.69, 9.17) is 9.88 Å². The minimum Gasteiger partial charge on any atom is -0.497 e. The number of nitrogens with zero attached hydrogens (tertiary/aromatic N) is 2. The van der Waals surface area contributed by atoms with Gasteiger partial charge in [0.1, 0.15) is 11.4 Å². The lowest BCUT2D eigenvalue weighted by atomic mass is 10.2. The minimum absolute atomic E-state index is 0.0390. The maximum Gasteiger partial charge on any atom is 0.295 e. The monoisotopic (exact) mass is 350 g/mol. The van der Waals surface area contributed by atoms with Gasteiger partial charge in [0, 0.05) is 6.07 Å². The van der Waals surface area contributed by atoms with Crippen molar-refractivity contribution in [3.8, 4) is 5.75 Å². The standard InChI is InChI=1S/C14H14N4O5S/c1-23-11-4-2-10(3-5-11)9-16-17-13-7-6-12(24(15,21)22)8-14(13)18(19)20/h2-9,17H,1H3,(H2,15,21,22)/b16-9+. The molecule has 2 aromatic rings. The van der Waals surface area contributed by atoms with Crippen molar-refractivity contribution in [1.82, 2.24) is 0 Å². The number of ether oxygens (including phenoxy) is 1. The van der Waals surface area contributed by atoms with Crippen molar-refractivity contribution in [2.45, 2.75) is 4.90 Å². The number of hydrogen-bond acceptors (Lipinski definition) is 7. The molecule has 2 aromatic carbocycles. The Bertz CT molecular complexity index is 879. The molecule has 10 heteroatoms. The third kappa shape index (κ3) is 4.27. The maximum atomic E-state index is 11.3. The van der Waals surface area contributed by atoms with Crippen LogP contribution in [0.2, 0.25) is 0 Å². The van der Waals surface area contributed by atoms with Crippen LogP contribution in [-0.2, 0) is 10.0 Å². The predicted molar refractivity (Wildman–Crippen MR) is 88.7 cm³/mol. The van der Waals surface area contributed by atoms with E-state index in [0.29, 0.717) is 5.75 Å². The van der Waals surface area contributed by atoms with Crippen molar-refractivity contribution in [2.24, 2.45) is 10.2 Å². The summed E-state index contributed by atoms with van der Waals surface area (Å²) >= 11 is 0. The quantitative estimate of drug-likeness (QED) is 0.462. The number of hydrazone groups is 1. The summed E-state index contributed by atoms with van der Waals surface area (Å²) in [5.74, 6) is 0.689. The van der Waals surface area contributed by atoms with Crippen molar-refractivity contribution in [1.29, 1.82) is 0 Å². The summed E-state index contributed by atoms with van der Waals surface area (Å²) in [6, 6.07) is 10.2. The molecule has 2 rings (SSSR count). The van der Waals surface area contributed by atoms with Gasteiger partial charge < -0.3 is 4.74 Å². The molecule has 0 amide bonds. The molecule has 0 aliphatic rings. The first-order chi connectivity index (χ1) is 11.3. The number of hydrogen-bond donors (Lipinski definition) is 2. The summed E-state index contributed by atoms with van der Waals surface area (Å²) in [4.78, 5) is 10.00. The van der Waals surface area contributed by atoms with Crippen molar-refractivity contribution in [3.63, 3.8) is 0 Å². The first kappa shape index (κ1) is 17.4. The van der Waals surface area contributed by atoms with Gasteiger partial charge in [-0.2, -0.15) is 5.10 Å². The van der Waals surface area contributed by atoms with Gasteiger partial charge in [0.25, 0.3) is 5.69 Å². The summed E-state index contributed by atoms with van der Waals surface area (Å²) < 4.78 is 27.6. The van der Waals surface area contributed by atoms with Gasteiger partial charge in [-0.25, -0.2) is 13.6 Å². The third-order valence-corrected chi connectivity index (χ3v) is 3.92. The minimum atomic E-state index is -4.03. The number of nitro groups is 1. The topological polar surface area (TPSA) is 137 Å². The molecule has 0 radical (unpaired) electrons. The molecule has 126 valence electrons. The molecular formula is C14H14N4O5S. The van der Waals surface area contributed by atoms with E-state index in [-0.39, 0.29) is 10.6 Å². The van der Waals surface area contributed by atoms with E-state index in [1.807, 2.05) is 0 Å². The van der Waals surface area contributed by atoms with Crippen LogP contribution in [0, 0.1) is 10.1 Å². The number of methoxy groups -OCH3 is 1. The zero-order valence-electron chi connectivity index (χ0n) is 12.5. The number of sulfonamides is 1. The van der Waals surface area contributed by atoms with Crippen LogP contribution in [0.5, 0.6) is 5.75 Å². The lowest BCUT2D eigenvalue weighted by molar-refractivity contribution is -0.384. The second-order valence-corrected chi connectivity index (χ2v) is 6.19. The first-order valence-electron chi connectivity index (χ1n) is 6.55. The van der Waals surface area contributed by atoms with Crippen LogP contribution in [0.25, 0.3) is 0 Å². The molecule has 0 fully saturated rings. The molecule has 0 aliphatic carbocycles. The van der Waals surface area contributed by atoms with Gasteiger partial charge in [0.15, 0.2) is 0 Å². The van der Waals surface area contributed by atoms with Gasteiger partial charge in [0.2, 0.25) is 10.0 Å². The summed E-state index contributed by atoms with van der Waals surface area (Å²) in [5.41, 5.74) is 2.84. The summed E-state index contributed by atoms with van der Waals surface area (Å²) in [7, 11) is -2.48. The van der Waals surface area contributed by atoms with Gasteiger partial charge in [-0.3, -0.25) is 15.5 Å². The average molecular weight is 350 g/mol. The van der Waals surface area contributed by atoms with E-state index in [1.54, 1.807) is 31.4 Å². The van der Waals surface area contributed by atoms with Gasteiger partial charge >= 0.3 is 0 Å². The zero-order chi connectivity index (χ0) is 17.7. The Morgan fingerprint density at radius 1 is 1.25 bits per heavy atom. The second kappa shape index (κ2) is 7.06. The Morgan fingerprint density at radius 3 is 2.46 bits per heavy atom. The van der Waals surface area contributed by atoms with E-state index in [2.05, 4.69) is 10.5 Å². The summed E-state index contributed by atoms with van der Waals surface area (Å²) in [6.07, 6.45) is 1.46. The van der Waals surface area contributed by atoms with Crippen LogP contribution in [0.4, 0.5) is 11.4 Å². The fraction of sp³-hybridized carbons (Fsp3) is 0.0714. The molecule has 0 spiro atoms. The fourth-order valence-electron chi connectivity index (χ4n) is 1.80. The highest BCUT2D eigenvalue weighted by Crippen LogP contribution is 2.27. The highest BCUT2D eigenvalue weighted by atomic mass is 32.2. The Hall–Kier alpha value is -2.98. The largest absolute Gasteiger partial charge is 0.497 e. The van der Waals surface area contributed by atoms with E-state index < -0.39 is 20.6 Å². The second-order valence-electron chi connectivity index (χ2n) is 4.62. The van der Waals surface area contributed by atoms with Crippen molar-refractivity contribution in [3.05, 3.63) is 58.1 Å². The van der Waals surface area contributed by atoms with Crippen LogP contribution < -0.4 is 15.3 Å². The van der Waals surface area contributed by atoms with E-state index in [9.17, 15) is 18.5 Å². The Kier molecular flexibility index (Phi) is 5.11. The van der Waals surface area contributed by atoms with Crippen molar-refractivity contribution >= 4 is 27.6 Å². The summed E-state index contributed by atoms with van der Waals surface area (Å²) in [5, 5.41) is 19.9. The van der Waals surface area contributed by atoms with Crippen LogP contribution in [0.3, 0.4) is 0 Å². The Balaban J connectivity index is 2.22. The molecule has 0 heterocycles. The third-order valence-electron chi connectivity index (χ3n) is 3.01.